The van der Waals surface area contributed by atoms with E-state index in [0.29, 0.717) is 0 Å². The SMILES string of the molecule is CC1COC(CO)CN1S(=O)(=O)c1ccsc1C(=O)O. The van der Waals surface area contributed by atoms with E-state index in [1.807, 2.05) is 0 Å². The van der Waals surface area contributed by atoms with Crippen LogP contribution in [0, 0.1) is 0 Å². The molecule has 0 spiro atoms. The molecule has 0 aromatic carbocycles. The third-order valence-electron chi connectivity index (χ3n) is 3.06. The second kappa shape index (κ2) is 5.78. The van der Waals surface area contributed by atoms with Crippen molar-refractivity contribution in [1.82, 2.24) is 4.31 Å². The van der Waals surface area contributed by atoms with Gasteiger partial charge in [-0.2, -0.15) is 4.31 Å². The number of hydrogen-bond acceptors (Lipinski definition) is 6. The van der Waals surface area contributed by atoms with Crippen molar-refractivity contribution in [1.29, 1.82) is 0 Å². The molecular weight excluding hydrogens is 306 g/mol. The molecule has 0 bridgehead atoms. The van der Waals surface area contributed by atoms with Crippen LogP contribution in [0.1, 0.15) is 16.6 Å². The molecule has 2 N–H and O–H groups in total. The van der Waals surface area contributed by atoms with E-state index in [0.717, 1.165) is 11.3 Å². The fraction of sp³-hybridized carbons (Fsp3) is 0.545. The Kier molecular flexibility index (Phi) is 4.45. The molecule has 7 nitrogen and oxygen atoms in total. The molecule has 1 aromatic rings. The van der Waals surface area contributed by atoms with Crippen LogP contribution in [0.5, 0.6) is 0 Å². The van der Waals surface area contributed by atoms with Gasteiger partial charge in [-0.05, 0) is 18.4 Å². The van der Waals surface area contributed by atoms with Crippen LogP contribution in [0.2, 0.25) is 0 Å². The van der Waals surface area contributed by atoms with Gasteiger partial charge in [-0.15, -0.1) is 11.3 Å². The van der Waals surface area contributed by atoms with E-state index in [-0.39, 0.29) is 29.5 Å². The Morgan fingerprint density at radius 3 is 2.90 bits per heavy atom. The van der Waals surface area contributed by atoms with Crippen LogP contribution in [-0.2, 0) is 14.8 Å². The summed E-state index contributed by atoms with van der Waals surface area (Å²) in [5.74, 6) is -1.27. The summed E-state index contributed by atoms with van der Waals surface area (Å²) in [7, 11) is -3.91. The zero-order chi connectivity index (χ0) is 14.9. The van der Waals surface area contributed by atoms with Gasteiger partial charge in [0.25, 0.3) is 0 Å². The lowest BCUT2D eigenvalue weighted by atomic mass is 10.2. The maximum atomic E-state index is 12.6. The maximum absolute atomic E-state index is 12.6. The summed E-state index contributed by atoms with van der Waals surface area (Å²) in [5.41, 5.74) is 0. The van der Waals surface area contributed by atoms with E-state index in [1.54, 1.807) is 6.92 Å². The minimum atomic E-state index is -3.91. The minimum Gasteiger partial charge on any atom is -0.477 e. The Morgan fingerprint density at radius 1 is 1.60 bits per heavy atom. The maximum Gasteiger partial charge on any atom is 0.347 e. The van der Waals surface area contributed by atoms with Crippen LogP contribution in [0.15, 0.2) is 16.3 Å². The van der Waals surface area contributed by atoms with Gasteiger partial charge < -0.3 is 14.9 Å². The summed E-state index contributed by atoms with van der Waals surface area (Å²) >= 11 is 0.870. The molecule has 20 heavy (non-hydrogen) atoms. The summed E-state index contributed by atoms with van der Waals surface area (Å²) in [6.07, 6.45) is -0.590. The van der Waals surface area contributed by atoms with E-state index in [4.69, 9.17) is 14.9 Å². The number of hydrogen-bond donors (Lipinski definition) is 2. The van der Waals surface area contributed by atoms with E-state index in [9.17, 15) is 13.2 Å². The molecule has 1 aromatic heterocycles. The number of carbonyl (C=O) groups is 1. The van der Waals surface area contributed by atoms with Gasteiger partial charge in [0.1, 0.15) is 9.77 Å². The molecule has 0 radical (unpaired) electrons. The molecule has 0 saturated carbocycles. The predicted molar refractivity (Wildman–Crippen MR) is 71.5 cm³/mol. The number of aromatic carboxylic acids is 1. The highest BCUT2D eigenvalue weighted by Gasteiger charge is 2.37. The van der Waals surface area contributed by atoms with Gasteiger partial charge in [0.15, 0.2) is 0 Å². The standard InChI is InChI=1S/C11H15NO6S2/c1-7-6-18-8(5-13)4-12(7)20(16,17)9-2-3-19-10(9)11(14)15/h2-3,7-8,13H,4-6H2,1H3,(H,14,15). The van der Waals surface area contributed by atoms with Crippen LogP contribution in [-0.4, -0.2) is 60.8 Å². The van der Waals surface area contributed by atoms with Crippen molar-refractivity contribution in [2.45, 2.75) is 24.0 Å². The van der Waals surface area contributed by atoms with Crippen molar-refractivity contribution in [3.05, 3.63) is 16.3 Å². The number of carboxylic acids is 1. The summed E-state index contributed by atoms with van der Waals surface area (Å²) in [6.45, 7) is 1.57. The van der Waals surface area contributed by atoms with Crippen molar-refractivity contribution >= 4 is 27.3 Å². The van der Waals surface area contributed by atoms with Gasteiger partial charge in [0.05, 0.1) is 19.3 Å². The average molecular weight is 321 g/mol. The Balaban J connectivity index is 2.38. The van der Waals surface area contributed by atoms with Crippen LogP contribution in [0.3, 0.4) is 0 Å². The molecule has 2 atom stereocenters. The fourth-order valence-corrected chi connectivity index (χ4v) is 4.90. The molecular formula is C11H15NO6S2. The summed E-state index contributed by atoms with van der Waals surface area (Å²) in [5, 5.41) is 19.6. The lowest BCUT2D eigenvalue weighted by molar-refractivity contribution is -0.0516. The molecule has 2 rings (SSSR count). The first-order chi connectivity index (χ1) is 9.37. The number of ether oxygens (including phenoxy) is 1. The summed E-state index contributed by atoms with van der Waals surface area (Å²) in [4.78, 5) is 10.7. The highest BCUT2D eigenvalue weighted by molar-refractivity contribution is 7.89. The minimum absolute atomic E-state index is 0.00884. The van der Waals surface area contributed by atoms with Crippen molar-refractivity contribution in [3.8, 4) is 0 Å². The van der Waals surface area contributed by atoms with E-state index >= 15 is 0 Å². The molecule has 1 aliphatic rings. The molecule has 1 saturated heterocycles. The average Bonchev–Trinajstić information content (AvgIpc) is 2.89. The monoisotopic (exact) mass is 321 g/mol. The van der Waals surface area contributed by atoms with Gasteiger partial charge in [-0.1, -0.05) is 0 Å². The second-order valence-corrected chi connectivity index (χ2v) is 7.26. The quantitative estimate of drug-likeness (QED) is 0.822. The molecule has 0 amide bonds. The fourth-order valence-electron chi connectivity index (χ4n) is 2.02. The number of aliphatic hydroxyl groups excluding tert-OH is 1. The zero-order valence-corrected chi connectivity index (χ0v) is 12.4. The van der Waals surface area contributed by atoms with Crippen LogP contribution in [0.4, 0.5) is 0 Å². The normalized spacial score (nSPS) is 24.7. The number of thiophene rings is 1. The van der Waals surface area contributed by atoms with Crippen LogP contribution < -0.4 is 0 Å². The lowest BCUT2D eigenvalue weighted by Crippen LogP contribution is -2.51. The van der Waals surface area contributed by atoms with Gasteiger partial charge >= 0.3 is 5.97 Å². The molecule has 1 aliphatic heterocycles. The first-order valence-electron chi connectivity index (χ1n) is 5.93. The number of sulfonamides is 1. The first kappa shape index (κ1) is 15.4. The number of morpholine rings is 1. The number of carboxylic acid groups (broad SMARTS) is 1. The predicted octanol–water partition coefficient (Wildman–Crippen LogP) is 0.217. The highest BCUT2D eigenvalue weighted by atomic mass is 32.2. The molecule has 0 aliphatic carbocycles. The Morgan fingerprint density at radius 2 is 2.30 bits per heavy atom. The largest absolute Gasteiger partial charge is 0.477 e. The molecule has 112 valence electrons. The van der Waals surface area contributed by atoms with Crippen LogP contribution in [0.25, 0.3) is 0 Å². The lowest BCUT2D eigenvalue weighted by Gasteiger charge is -2.36. The summed E-state index contributed by atoms with van der Waals surface area (Å²) in [6, 6.07) is 0.879. The topological polar surface area (TPSA) is 104 Å². The smallest absolute Gasteiger partial charge is 0.347 e. The van der Waals surface area contributed by atoms with Gasteiger partial charge in [0, 0.05) is 12.6 Å². The molecule has 9 heteroatoms. The third kappa shape index (κ3) is 2.72. The molecule has 1 fully saturated rings. The second-order valence-electron chi connectivity index (χ2n) is 4.48. The summed E-state index contributed by atoms with van der Waals surface area (Å²) < 4.78 is 31.6. The van der Waals surface area contributed by atoms with Crippen molar-refractivity contribution in [2.24, 2.45) is 0 Å². The Labute approximate surface area is 120 Å². The van der Waals surface area contributed by atoms with E-state index < -0.39 is 28.1 Å². The molecule has 2 heterocycles. The Hall–Kier alpha value is -1.00. The third-order valence-corrected chi connectivity index (χ3v) is 6.12. The highest BCUT2D eigenvalue weighted by Crippen LogP contribution is 2.28. The zero-order valence-electron chi connectivity index (χ0n) is 10.7. The number of aliphatic hydroxyl groups is 1. The van der Waals surface area contributed by atoms with Crippen molar-refractivity contribution in [3.63, 3.8) is 0 Å². The molecule has 2 unspecified atom stereocenters. The van der Waals surface area contributed by atoms with Crippen LogP contribution >= 0.6 is 11.3 Å². The van der Waals surface area contributed by atoms with Crippen molar-refractivity contribution in [2.75, 3.05) is 19.8 Å². The van der Waals surface area contributed by atoms with Crippen molar-refractivity contribution < 1.29 is 28.2 Å². The Bertz CT molecular complexity index is 596. The van der Waals surface area contributed by atoms with E-state index in [2.05, 4.69) is 0 Å². The van der Waals surface area contributed by atoms with Gasteiger partial charge in [-0.3, -0.25) is 0 Å². The van der Waals surface area contributed by atoms with Gasteiger partial charge in [-0.25, -0.2) is 13.2 Å². The first-order valence-corrected chi connectivity index (χ1v) is 8.25. The van der Waals surface area contributed by atoms with Gasteiger partial charge in [0.2, 0.25) is 10.0 Å². The number of rotatable bonds is 4. The van der Waals surface area contributed by atoms with E-state index in [1.165, 1.54) is 15.8 Å². The number of nitrogens with zero attached hydrogens (tertiary/aromatic N) is 1.